The van der Waals surface area contributed by atoms with E-state index < -0.39 is 0 Å². The normalized spacial score (nSPS) is 16.0. The van der Waals surface area contributed by atoms with Gasteiger partial charge in [0.05, 0.1) is 11.4 Å². The minimum absolute atomic E-state index is 0.0395. The molecule has 0 saturated carbocycles. The van der Waals surface area contributed by atoms with Gasteiger partial charge in [0.2, 0.25) is 0 Å². The summed E-state index contributed by atoms with van der Waals surface area (Å²) in [6, 6.07) is 15.9. The van der Waals surface area contributed by atoms with Gasteiger partial charge in [-0.05, 0) is 35.3 Å². The number of carbonyl (C=O) groups excluding carboxylic acids is 1. The average Bonchev–Trinajstić information content (AvgIpc) is 2.50. The smallest absolute Gasteiger partial charge is 0.186 e. The van der Waals surface area contributed by atoms with E-state index in [1.54, 1.807) is 12.2 Å². The van der Waals surface area contributed by atoms with Crippen molar-refractivity contribution in [2.45, 2.75) is 26.2 Å². The van der Waals surface area contributed by atoms with Crippen molar-refractivity contribution in [3.8, 4) is 0 Å². The van der Waals surface area contributed by atoms with Crippen molar-refractivity contribution in [2.75, 3.05) is 0 Å². The molecule has 0 unspecified atom stereocenters. The van der Waals surface area contributed by atoms with Crippen molar-refractivity contribution in [1.82, 2.24) is 0 Å². The Balaban J connectivity index is 1.99. The van der Waals surface area contributed by atoms with Gasteiger partial charge in [0.1, 0.15) is 0 Å². The fourth-order valence-electron chi connectivity index (χ4n) is 2.53. The van der Waals surface area contributed by atoms with Crippen molar-refractivity contribution in [3.05, 3.63) is 77.4 Å². The highest BCUT2D eigenvalue weighted by Crippen LogP contribution is 2.26. The lowest BCUT2D eigenvalue weighted by atomic mass is 9.87. The molecule has 0 aliphatic heterocycles. The van der Waals surface area contributed by atoms with Gasteiger partial charge in [0.25, 0.3) is 0 Å². The molecule has 0 radical (unpaired) electrons. The summed E-state index contributed by atoms with van der Waals surface area (Å²) in [6.07, 6.45) is 3.38. The lowest BCUT2D eigenvalue weighted by Gasteiger charge is -2.18. The summed E-state index contributed by atoms with van der Waals surface area (Å²) in [5.41, 5.74) is 4.77. The summed E-state index contributed by atoms with van der Waals surface area (Å²) in [5, 5.41) is 0. The average molecular weight is 289 g/mol. The highest BCUT2D eigenvalue weighted by molar-refractivity contribution is 6.24. The number of hydrogen-bond acceptors (Lipinski definition) is 2. The number of nitrogens with zero attached hydrogens (tertiary/aromatic N) is 1. The van der Waals surface area contributed by atoms with Gasteiger partial charge in [0.15, 0.2) is 5.78 Å². The van der Waals surface area contributed by atoms with Crippen LogP contribution < -0.4 is 0 Å². The Labute approximate surface area is 131 Å². The molecule has 0 atom stereocenters. The zero-order valence-electron chi connectivity index (χ0n) is 13.1. The first-order chi connectivity index (χ1) is 10.4. The maximum absolute atomic E-state index is 11.9. The van der Waals surface area contributed by atoms with Crippen LogP contribution in [-0.4, -0.2) is 11.5 Å². The number of rotatable bonds is 1. The van der Waals surface area contributed by atoms with E-state index >= 15 is 0 Å². The van der Waals surface area contributed by atoms with Gasteiger partial charge in [-0.25, -0.2) is 4.99 Å². The first-order valence-corrected chi connectivity index (χ1v) is 7.46. The van der Waals surface area contributed by atoms with Crippen LogP contribution in [0.4, 0.5) is 5.69 Å². The monoisotopic (exact) mass is 289 g/mol. The van der Waals surface area contributed by atoms with Crippen LogP contribution in [0.15, 0.2) is 65.7 Å². The lowest BCUT2D eigenvalue weighted by molar-refractivity contribution is 0.104. The van der Waals surface area contributed by atoms with Gasteiger partial charge in [-0.15, -0.1) is 0 Å². The Kier molecular flexibility index (Phi) is 3.53. The molecule has 0 amide bonds. The molecule has 0 fully saturated rings. The van der Waals surface area contributed by atoms with E-state index in [1.807, 2.05) is 36.4 Å². The van der Waals surface area contributed by atoms with Gasteiger partial charge < -0.3 is 0 Å². The van der Waals surface area contributed by atoms with E-state index in [1.165, 1.54) is 5.56 Å². The Bertz CT molecular complexity index is 774. The number of ketones is 1. The van der Waals surface area contributed by atoms with Crippen LogP contribution in [0, 0.1) is 0 Å². The van der Waals surface area contributed by atoms with Gasteiger partial charge in [-0.2, -0.15) is 0 Å². The summed E-state index contributed by atoms with van der Waals surface area (Å²) in [6.45, 7) is 6.58. The van der Waals surface area contributed by atoms with E-state index in [-0.39, 0.29) is 11.2 Å². The highest BCUT2D eigenvalue weighted by atomic mass is 16.1. The molecular weight excluding hydrogens is 270 g/mol. The largest absolute Gasteiger partial charge is 0.289 e. The van der Waals surface area contributed by atoms with Crippen molar-refractivity contribution >= 4 is 17.2 Å². The Morgan fingerprint density at radius 3 is 2.09 bits per heavy atom. The lowest BCUT2D eigenvalue weighted by Crippen LogP contribution is -2.12. The Morgan fingerprint density at radius 2 is 1.45 bits per heavy atom. The van der Waals surface area contributed by atoms with Crippen LogP contribution in [-0.2, 0) is 5.41 Å². The molecule has 0 bridgehead atoms. The number of allylic oxidation sites excluding steroid dienone is 2. The first kappa shape index (κ1) is 14.5. The van der Waals surface area contributed by atoms with Gasteiger partial charge in [-0.3, -0.25) is 4.79 Å². The maximum Gasteiger partial charge on any atom is 0.186 e. The summed E-state index contributed by atoms with van der Waals surface area (Å²) in [7, 11) is 0. The topological polar surface area (TPSA) is 29.4 Å². The molecule has 0 aromatic heterocycles. The van der Waals surface area contributed by atoms with E-state index in [0.29, 0.717) is 0 Å². The predicted octanol–water partition coefficient (Wildman–Crippen LogP) is 4.86. The molecule has 2 aromatic rings. The van der Waals surface area contributed by atoms with Crippen LogP contribution in [0.25, 0.3) is 0 Å². The molecule has 2 nitrogen and oxygen atoms in total. The molecule has 0 saturated heterocycles. The molecule has 0 heterocycles. The van der Waals surface area contributed by atoms with Crippen LogP contribution in [0.1, 0.15) is 42.3 Å². The van der Waals surface area contributed by atoms with Crippen LogP contribution in [0.3, 0.4) is 0 Å². The fraction of sp³-hybridized carbons (Fsp3) is 0.200. The van der Waals surface area contributed by atoms with E-state index in [2.05, 4.69) is 32.9 Å². The zero-order chi connectivity index (χ0) is 15.7. The van der Waals surface area contributed by atoms with E-state index in [4.69, 9.17) is 4.99 Å². The first-order valence-electron chi connectivity index (χ1n) is 7.46. The summed E-state index contributed by atoms with van der Waals surface area (Å²) >= 11 is 0. The van der Waals surface area contributed by atoms with Gasteiger partial charge >= 0.3 is 0 Å². The van der Waals surface area contributed by atoms with Crippen LogP contribution >= 0.6 is 0 Å². The van der Waals surface area contributed by atoms with E-state index in [9.17, 15) is 4.79 Å². The number of aliphatic imine (C=N–C) groups is 1. The van der Waals surface area contributed by atoms with Crippen molar-refractivity contribution < 1.29 is 4.79 Å². The third-order valence-electron chi connectivity index (χ3n) is 3.84. The highest BCUT2D eigenvalue weighted by Gasteiger charge is 2.17. The Morgan fingerprint density at radius 1 is 0.818 bits per heavy atom. The quantitative estimate of drug-likeness (QED) is 0.737. The maximum atomic E-state index is 11.9. The molecule has 3 rings (SSSR count). The fourth-order valence-corrected chi connectivity index (χ4v) is 2.53. The Hall–Kier alpha value is -2.48. The molecule has 22 heavy (non-hydrogen) atoms. The SMILES string of the molecule is CC(C)(C)c1ccc(N=C2C=CC(=O)c3ccccc32)cc1. The van der Waals surface area contributed by atoms with Crippen LogP contribution in [0.2, 0.25) is 0 Å². The van der Waals surface area contributed by atoms with Crippen molar-refractivity contribution in [3.63, 3.8) is 0 Å². The summed E-state index contributed by atoms with van der Waals surface area (Å²) < 4.78 is 0. The van der Waals surface area contributed by atoms with Gasteiger partial charge in [0, 0.05) is 11.1 Å². The van der Waals surface area contributed by atoms with Crippen LogP contribution in [0.5, 0.6) is 0 Å². The van der Waals surface area contributed by atoms with Crippen molar-refractivity contribution in [2.24, 2.45) is 4.99 Å². The number of benzene rings is 2. The number of hydrogen-bond donors (Lipinski definition) is 0. The molecule has 0 spiro atoms. The molecule has 2 aromatic carbocycles. The molecule has 1 aliphatic carbocycles. The zero-order valence-corrected chi connectivity index (χ0v) is 13.1. The van der Waals surface area contributed by atoms with Crippen molar-refractivity contribution in [1.29, 1.82) is 0 Å². The molecule has 2 heteroatoms. The third-order valence-corrected chi connectivity index (χ3v) is 3.84. The van der Waals surface area contributed by atoms with Gasteiger partial charge in [-0.1, -0.05) is 57.2 Å². The number of fused-ring (bicyclic) bond motifs is 1. The second-order valence-electron chi connectivity index (χ2n) is 6.54. The second kappa shape index (κ2) is 5.38. The molecule has 1 aliphatic rings. The summed E-state index contributed by atoms with van der Waals surface area (Å²) in [5.74, 6) is 0.0395. The molecule has 110 valence electrons. The minimum atomic E-state index is 0.0395. The standard InChI is InChI=1S/C20H19NO/c1-20(2,3)14-8-10-15(11-9-14)21-18-12-13-19(22)17-7-5-4-6-16(17)18/h4-13H,1-3H3. The summed E-state index contributed by atoms with van der Waals surface area (Å²) in [4.78, 5) is 16.6. The minimum Gasteiger partial charge on any atom is -0.289 e. The number of carbonyl (C=O) groups is 1. The third kappa shape index (κ3) is 2.77. The van der Waals surface area contributed by atoms with E-state index in [0.717, 1.165) is 22.5 Å². The second-order valence-corrected chi connectivity index (χ2v) is 6.54. The molecular formula is C20H19NO. The molecule has 0 N–H and O–H groups in total. The predicted molar refractivity (Wildman–Crippen MR) is 91.3 cm³/mol.